The molecule has 0 atom stereocenters. The molecule has 1 rings (SSSR count). The van der Waals surface area contributed by atoms with E-state index in [1.165, 1.54) is 11.1 Å². The number of halogens is 1. The summed E-state index contributed by atoms with van der Waals surface area (Å²) >= 11 is 3.37. The van der Waals surface area contributed by atoms with Gasteiger partial charge in [-0.1, -0.05) is 17.7 Å². The molecule has 0 aliphatic heterocycles. The Balaban J connectivity index is 3.17. The predicted octanol–water partition coefficient (Wildman–Crippen LogP) is 2.87. The highest BCUT2D eigenvalue weighted by molar-refractivity contribution is 9.10. The molecule has 0 N–H and O–H groups in total. The van der Waals surface area contributed by atoms with Gasteiger partial charge >= 0.3 is 0 Å². The zero-order chi connectivity index (χ0) is 6.85. The van der Waals surface area contributed by atoms with E-state index in [-0.39, 0.29) is 0 Å². The topological polar surface area (TPSA) is 0 Å². The van der Waals surface area contributed by atoms with E-state index in [0.29, 0.717) is 0 Å². The summed E-state index contributed by atoms with van der Waals surface area (Å²) in [7, 11) is 0. The van der Waals surface area contributed by atoms with Crippen LogP contribution in [0.2, 0.25) is 0 Å². The third kappa shape index (κ3) is 1.55. The molecule has 47 valence electrons. The number of rotatable bonds is 0. The van der Waals surface area contributed by atoms with Crippen molar-refractivity contribution in [1.29, 1.82) is 0 Å². The third-order valence-electron chi connectivity index (χ3n) is 1.22. The fraction of sp³-hybridized carbons (Fsp3) is 0.250. The first-order valence-corrected chi connectivity index (χ1v) is 3.64. The van der Waals surface area contributed by atoms with Gasteiger partial charge in [0.2, 0.25) is 0 Å². The minimum atomic E-state index is 1.06. The lowest BCUT2D eigenvalue weighted by atomic mass is 10.2. The molecule has 0 saturated heterocycles. The van der Waals surface area contributed by atoms with Gasteiger partial charge in [0.05, 0.1) is 0 Å². The number of benzene rings is 1. The van der Waals surface area contributed by atoms with Gasteiger partial charge in [0, 0.05) is 4.47 Å². The number of aryl methyl sites for hydroxylation is 2. The van der Waals surface area contributed by atoms with Crippen LogP contribution in [0.1, 0.15) is 11.1 Å². The fourth-order valence-corrected chi connectivity index (χ4v) is 0.966. The Kier molecular flexibility index (Phi) is 1.91. The van der Waals surface area contributed by atoms with E-state index in [0.717, 1.165) is 4.47 Å². The third-order valence-corrected chi connectivity index (χ3v) is 2.07. The molecule has 1 radical (unpaired) electrons. The van der Waals surface area contributed by atoms with Crippen LogP contribution in [0.5, 0.6) is 0 Å². The van der Waals surface area contributed by atoms with Crippen molar-refractivity contribution in [2.24, 2.45) is 0 Å². The second-order valence-electron chi connectivity index (χ2n) is 2.17. The van der Waals surface area contributed by atoms with Gasteiger partial charge in [-0.15, -0.1) is 0 Å². The van der Waals surface area contributed by atoms with Crippen LogP contribution in [-0.2, 0) is 0 Å². The van der Waals surface area contributed by atoms with Crippen molar-refractivity contribution in [1.82, 2.24) is 0 Å². The van der Waals surface area contributed by atoms with Crippen molar-refractivity contribution in [3.63, 3.8) is 0 Å². The second-order valence-corrected chi connectivity index (χ2v) is 2.97. The smallest absolute Gasteiger partial charge is 0.0283 e. The molecule has 0 aliphatic carbocycles. The summed E-state index contributed by atoms with van der Waals surface area (Å²) < 4.78 is 1.06. The molecule has 0 aliphatic rings. The zero-order valence-electron chi connectivity index (χ0n) is 5.53. The molecule has 0 fully saturated rings. The monoisotopic (exact) mass is 183 g/mol. The van der Waals surface area contributed by atoms with Crippen molar-refractivity contribution in [2.75, 3.05) is 0 Å². The highest BCUT2D eigenvalue weighted by atomic mass is 79.9. The van der Waals surface area contributed by atoms with Crippen LogP contribution in [0.15, 0.2) is 16.6 Å². The lowest BCUT2D eigenvalue weighted by molar-refractivity contribution is 1.35. The summed E-state index contributed by atoms with van der Waals surface area (Å²) in [4.78, 5) is 0. The second kappa shape index (κ2) is 2.53. The SMILES string of the molecule is Cc1c[c]c(Br)c(C)c1. The van der Waals surface area contributed by atoms with Crippen molar-refractivity contribution < 1.29 is 0 Å². The van der Waals surface area contributed by atoms with Crippen LogP contribution in [0.3, 0.4) is 0 Å². The summed E-state index contributed by atoms with van der Waals surface area (Å²) in [5.74, 6) is 0. The molecule has 0 nitrogen and oxygen atoms in total. The molecule has 1 aromatic carbocycles. The summed E-state index contributed by atoms with van der Waals surface area (Å²) in [6, 6.07) is 7.18. The zero-order valence-corrected chi connectivity index (χ0v) is 7.12. The van der Waals surface area contributed by atoms with Gasteiger partial charge < -0.3 is 0 Å². The highest BCUT2D eigenvalue weighted by Gasteiger charge is 1.91. The summed E-state index contributed by atoms with van der Waals surface area (Å²) in [6.45, 7) is 4.13. The maximum absolute atomic E-state index is 3.37. The molecule has 0 spiro atoms. The molecule has 0 saturated carbocycles. The largest absolute Gasteiger partial charge is 0.0552 e. The molecule has 0 aromatic heterocycles. The van der Waals surface area contributed by atoms with Gasteiger partial charge in [0.15, 0.2) is 0 Å². The Bertz CT molecular complexity index is 216. The Morgan fingerprint density at radius 3 is 2.56 bits per heavy atom. The van der Waals surface area contributed by atoms with E-state index in [1.807, 2.05) is 6.07 Å². The minimum absolute atomic E-state index is 1.06. The lowest BCUT2D eigenvalue weighted by Gasteiger charge is -1.96. The average molecular weight is 184 g/mol. The molecule has 0 unspecified atom stereocenters. The van der Waals surface area contributed by atoms with Crippen LogP contribution in [-0.4, -0.2) is 0 Å². The van der Waals surface area contributed by atoms with Gasteiger partial charge in [-0.3, -0.25) is 0 Å². The first kappa shape index (κ1) is 6.81. The first-order chi connectivity index (χ1) is 4.20. The van der Waals surface area contributed by atoms with Crippen LogP contribution < -0.4 is 0 Å². The van der Waals surface area contributed by atoms with Gasteiger partial charge in [0.1, 0.15) is 0 Å². The Morgan fingerprint density at radius 1 is 1.44 bits per heavy atom. The highest BCUT2D eigenvalue weighted by Crippen LogP contribution is 2.15. The van der Waals surface area contributed by atoms with Crippen molar-refractivity contribution >= 4 is 15.9 Å². The molecule has 1 heteroatoms. The van der Waals surface area contributed by atoms with Crippen molar-refractivity contribution in [2.45, 2.75) is 13.8 Å². The molecule has 0 amide bonds. The molecule has 1 aromatic rings. The van der Waals surface area contributed by atoms with E-state index in [2.05, 4.69) is 41.9 Å². The van der Waals surface area contributed by atoms with Gasteiger partial charge in [-0.25, -0.2) is 0 Å². The van der Waals surface area contributed by atoms with Crippen molar-refractivity contribution in [3.05, 3.63) is 33.8 Å². The molecule has 0 heterocycles. The molecule has 0 bridgehead atoms. The average Bonchev–Trinajstić information content (AvgIpc) is 1.80. The van der Waals surface area contributed by atoms with Crippen LogP contribution in [0.25, 0.3) is 0 Å². The van der Waals surface area contributed by atoms with Gasteiger partial charge in [-0.2, -0.15) is 0 Å². The number of hydrogen-bond donors (Lipinski definition) is 0. The Morgan fingerprint density at radius 2 is 2.11 bits per heavy atom. The summed E-state index contributed by atoms with van der Waals surface area (Å²) in [5, 5.41) is 0. The normalized spacial score (nSPS) is 9.67. The first-order valence-electron chi connectivity index (χ1n) is 2.84. The Hall–Kier alpha value is -0.300. The standard InChI is InChI=1S/C8H8Br/c1-6-3-4-8(9)7(2)5-6/h3,5H,1-2H3. The molecule has 9 heavy (non-hydrogen) atoms. The minimum Gasteiger partial charge on any atom is -0.0552 e. The number of hydrogen-bond acceptors (Lipinski definition) is 0. The van der Waals surface area contributed by atoms with Gasteiger partial charge in [0.25, 0.3) is 0 Å². The molecular formula is C8H8Br. The maximum Gasteiger partial charge on any atom is 0.0283 e. The predicted molar refractivity (Wildman–Crippen MR) is 42.5 cm³/mol. The summed E-state index contributed by atoms with van der Waals surface area (Å²) in [6.07, 6.45) is 0. The molecular weight excluding hydrogens is 176 g/mol. The van der Waals surface area contributed by atoms with Crippen LogP contribution in [0, 0.1) is 19.9 Å². The van der Waals surface area contributed by atoms with Crippen molar-refractivity contribution in [3.8, 4) is 0 Å². The van der Waals surface area contributed by atoms with E-state index in [4.69, 9.17) is 0 Å². The Labute approximate surface area is 64.0 Å². The quantitative estimate of drug-likeness (QED) is 0.581. The van der Waals surface area contributed by atoms with E-state index in [1.54, 1.807) is 0 Å². The van der Waals surface area contributed by atoms with E-state index in [9.17, 15) is 0 Å². The van der Waals surface area contributed by atoms with E-state index < -0.39 is 0 Å². The van der Waals surface area contributed by atoms with E-state index >= 15 is 0 Å². The van der Waals surface area contributed by atoms with Gasteiger partial charge in [-0.05, 0) is 41.4 Å². The van der Waals surface area contributed by atoms with Crippen LogP contribution in [0.4, 0.5) is 0 Å². The maximum atomic E-state index is 3.37. The van der Waals surface area contributed by atoms with Crippen LogP contribution >= 0.6 is 15.9 Å². The summed E-state index contributed by atoms with van der Waals surface area (Å²) in [5.41, 5.74) is 2.51. The fourth-order valence-electron chi connectivity index (χ4n) is 0.738. The lowest BCUT2D eigenvalue weighted by Crippen LogP contribution is -1.76.